The zero-order valence-electron chi connectivity index (χ0n) is 7.77. The molecule has 0 aromatic heterocycles. The van der Waals surface area contributed by atoms with Gasteiger partial charge in [0.05, 0.1) is 5.56 Å². The molecule has 0 spiro atoms. The number of phenols is 1. The Kier molecular flexibility index (Phi) is 2.90. The minimum absolute atomic E-state index is 0.145. The van der Waals surface area contributed by atoms with E-state index >= 15 is 0 Å². The highest BCUT2D eigenvalue weighted by atomic mass is 19.4. The molecule has 0 aliphatic heterocycles. The zero-order chi connectivity index (χ0) is 11.8. The lowest BCUT2D eigenvalue weighted by Crippen LogP contribution is -2.29. The van der Waals surface area contributed by atoms with E-state index in [-0.39, 0.29) is 5.56 Å². The fraction of sp³-hybridized carbons (Fsp3) is 0.333. The predicted octanol–water partition coefficient (Wildman–Crippen LogP) is 2.40. The van der Waals surface area contributed by atoms with Crippen LogP contribution in [0.4, 0.5) is 17.6 Å². The second kappa shape index (κ2) is 3.69. The lowest BCUT2D eigenvalue weighted by atomic mass is 10.0. The van der Waals surface area contributed by atoms with E-state index in [9.17, 15) is 22.7 Å². The summed E-state index contributed by atoms with van der Waals surface area (Å²) < 4.78 is 49.7. The predicted molar refractivity (Wildman–Crippen MR) is 45.8 cm³/mol. The Hall–Kier alpha value is -1.30. The van der Waals surface area contributed by atoms with Crippen molar-refractivity contribution in [2.45, 2.75) is 19.1 Å². The van der Waals surface area contributed by atoms with Crippen LogP contribution in [0.1, 0.15) is 17.2 Å². The third-order valence-corrected chi connectivity index (χ3v) is 2.03. The second-order valence-corrected chi connectivity index (χ2v) is 3.15. The van der Waals surface area contributed by atoms with Crippen LogP contribution in [0.5, 0.6) is 5.75 Å². The van der Waals surface area contributed by atoms with E-state index in [4.69, 9.17) is 5.73 Å². The summed E-state index contributed by atoms with van der Waals surface area (Å²) in [4.78, 5) is 0. The number of benzene rings is 1. The Morgan fingerprint density at radius 3 is 2.33 bits per heavy atom. The fourth-order valence-electron chi connectivity index (χ4n) is 1.15. The van der Waals surface area contributed by atoms with E-state index in [2.05, 4.69) is 0 Å². The number of aryl methyl sites for hydroxylation is 1. The molecule has 0 amide bonds. The van der Waals surface area contributed by atoms with Crippen LogP contribution in [0, 0.1) is 12.7 Å². The van der Waals surface area contributed by atoms with Crippen molar-refractivity contribution in [3.8, 4) is 5.75 Å². The Balaban J connectivity index is 3.31. The lowest BCUT2D eigenvalue weighted by molar-refractivity contribution is -0.150. The SMILES string of the molecule is Cc1ccc(F)c([C@H](N)C(F)(F)F)c1O. The molecule has 2 nitrogen and oxygen atoms in total. The molecule has 84 valence electrons. The van der Waals surface area contributed by atoms with Crippen LogP contribution in [0.25, 0.3) is 0 Å². The maximum Gasteiger partial charge on any atom is 0.407 e. The smallest absolute Gasteiger partial charge is 0.407 e. The summed E-state index contributed by atoms with van der Waals surface area (Å²) in [7, 11) is 0. The molecular formula is C9H9F4NO. The Labute approximate surface area is 83.3 Å². The van der Waals surface area contributed by atoms with Gasteiger partial charge in [-0.15, -0.1) is 0 Å². The summed E-state index contributed by atoms with van der Waals surface area (Å²) in [6.07, 6.45) is -4.79. The number of rotatable bonds is 1. The molecular weight excluding hydrogens is 214 g/mol. The maximum absolute atomic E-state index is 13.1. The number of alkyl halides is 3. The molecule has 1 aromatic rings. The van der Waals surface area contributed by atoms with Crippen LogP contribution in [0.15, 0.2) is 12.1 Å². The van der Waals surface area contributed by atoms with Gasteiger partial charge in [-0.05, 0) is 18.6 Å². The summed E-state index contributed by atoms with van der Waals surface area (Å²) in [5.74, 6) is -1.91. The first kappa shape index (κ1) is 11.8. The third-order valence-electron chi connectivity index (χ3n) is 2.03. The van der Waals surface area contributed by atoms with E-state index < -0.39 is 29.3 Å². The van der Waals surface area contributed by atoms with Crippen molar-refractivity contribution in [1.29, 1.82) is 0 Å². The largest absolute Gasteiger partial charge is 0.507 e. The van der Waals surface area contributed by atoms with E-state index in [1.54, 1.807) is 0 Å². The van der Waals surface area contributed by atoms with Gasteiger partial charge in [-0.3, -0.25) is 0 Å². The Morgan fingerprint density at radius 1 is 1.33 bits per heavy atom. The first-order valence-electron chi connectivity index (χ1n) is 4.05. The van der Waals surface area contributed by atoms with Crippen molar-refractivity contribution in [2.24, 2.45) is 5.73 Å². The number of phenolic OH excluding ortho intramolecular Hbond substituents is 1. The number of halogens is 4. The van der Waals surface area contributed by atoms with Crippen molar-refractivity contribution >= 4 is 0 Å². The molecule has 15 heavy (non-hydrogen) atoms. The van der Waals surface area contributed by atoms with Gasteiger partial charge in [-0.2, -0.15) is 13.2 Å². The summed E-state index contributed by atoms with van der Waals surface area (Å²) in [6.45, 7) is 1.36. The van der Waals surface area contributed by atoms with Crippen molar-refractivity contribution in [3.05, 3.63) is 29.1 Å². The standard InChI is InChI=1S/C9H9F4NO/c1-4-2-3-5(10)6(7(4)15)8(14)9(11,12)13/h2-3,8,15H,14H2,1H3/t8-/m0/s1. The summed E-state index contributed by atoms with van der Waals surface area (Å²) in [5.41, 5.74) is 4.05. The molecule has 0 radical (unpaired) electrons. The van der Waals surface area contributed by atoms with Gasteiger partial charge in [0.2, 0.25) is 0 Å². The average molecular weight is 223 g/mol. The van der Waals surface area contributed by atoms with Crippen LogP contribution < -0.4 is 5.73 Å². The van der Waals surface area contributed by atoms with Gasteiger partial charge in [0.15, 0.2) is 0 Å². The van der Waals surface area contributed by atoms with Crippen molar-refractivity contribution in [1.82, 2.24) is 0 Å². The van der Waals surface area contributed by atoms with Crippen LogP contribution in [0.3, 0.4) is 0 Å². The molecule has 0 aliphatic carbocycles. The molecule has 0 aliphatic rings. The Morgan fingerprint density at radius 2 is 1.87 bits per heavy atom. The van der Waals surface area contributed by atoms with E-state index in [0.717, 1.165) is 6.07 Å². The highest BCUT2D eigenvalue weighted by Crippen LogP contribution is 2.37. The van der Waals surface area contributed by atoms with Gasteiger partial charge >= 0.3 is 6.18 Å². The normalized spacial score (nSPS) is 14.0. The quantitative estimate of drug-likeness (QED) is 0.718. The third kappa shape index (κ3) is 2.20. The maximum atomic E-state index is 13.1. The van der Waals surface area contributed by atoms with Crippen molar-refractivity contribution in [3.63, 3.8) is 0 Å². The highest BCUT2D eigenvalue weighted by molar-refractivity contribution is 5.42. The van der Waals surface area contributed by atoms with Crippen molar-refractivity contribution < 1.29 is 22.7 Å². The van der Waals surface area contributed by atoms with Crippen LogP contribution in [0.2, 0.25) is 0 Å². The first-order chi connectivity index (χ1) is 6.75. The van der Waals surface area contributed by atoms with Gasteiger partial charge in [0, 0.05) is 0 Å². The topological polar surface area (TPSA) is 46.2 Å². The first-order valence-corrected chi connectivity index (χ1v) is 4.05. The number of nitrogens with two attached hydrogens (primary N) is 1. The molecule has 1 atom stereocenters. The molecule has 3 N–H and O–H groups in total. The van der Waals surface area contributed by atoms with Gasteiger partial charge in [0.1, 0.15) is 17.6 Å². The van der Waals surface area contributed by atoms with Gasteiger partial charge in [-0.25, -0.2) is 4.39 Å². The van der Waals surface area contributed by atoms with E-state index in [1.807, 2.05) is 0 Å². The molecule has 0 saturated heterocycles. The second-order valence-electron chi connectivity index (χ2n) is 3.15. The monoisotopic (exact) mass is 223 g/mol. The number of hydrogen-bond acceptors (Lipinski definition) is 2. The minimum Gasteiger partial charge on any atom is -0.507 e. The van der Waals surface area contributed by atoms with Crippen LogP contribution >= 0.6 is 0 Å². The number of aromatic hydroxyl groups is 1. The molecule has 1 rings (SSSR count). The van der Waals surface area contributed by atoms with Crippen LogP contribution in [-0.4, -0.2) is 11.3 Å². The van der Waals surface area contributed by atoms with Gasteiger partial charge in [-0.1, -0.05) is 6.07 Å². The molecule has 0 heterocycles. The zero-order valence-corrected chi connectivity index (χ0v) is 7.77. The molecule has 6 heteroatoms. The van der Waals surface area contributed by atoms with Gasteiger partial charge < -0.3 is 10.8 Å². The lowest BCUT2D eigenvalue weighted by Gasteiger charge is -2.18. The molecule has 0 unspecified atom stereocenters. The summed E-state index contributed by atoms with van der Waals surface area (Å²) >= 11 is 0. The number of hydrogen-bond donors (Lipinski definition) is 2. The molecule has 0 bridgehead atoms. The minimum atomic E-state index is -4.79. The van der Waals surface area contributed by atoms with E-state index in [0.29, 0.717) is 0 Å². The average Bonchev–Trinajstić information content (AvgIpc) is 2.10. The highest BCUT2D eigenvalue weighted by Gasteiger charge is 2.41. The molecule has 0 saturated carbocycles. The fourth-order valence-corrected chi connectivity index (χ4v) is 1.15. The van der Waals surface area contributed by atoms with Crippen LogP contribution in [-0.2, 0) is 0 Å². The van der Waals surface area contributed by atoms with E-state index in [1.165, 1.54) is 13.0 Å². The van der Waals surface area contributed by atoms with Crippen molar-refractivity contribution in [2.75, 3.05) is 0 Å². The summed E-state index contributed by atoms with van der Waals surface area (Å²) in [6, 6.07) is -0.495. The molecule has 1 aromatic carbocycles. The Bertz CT molecular complexity index is 375. The molecule has 0 fully saturated rings. The van der Waals surface area contributed by atoms with Gasteiger partial charge in [0.25, 0.3) is 0 Å². The summed E-state index contributed by atoms with van der Waals surface area (Å²) in [5, 5.41) is 9.29.